The lowest BCUT2D eigenvalue weighted by Crippen LogP contribution is -2.30. The molecular weight excluding hydrogens is 378 g/mol. The average molecular weight is 408 g/mol. The molecule has 0 aromatic heterocycles. The Labute approximate surface area is 177 Å². The fourth-order valence-corrected chi connectivity index (χ4v) is 3.80. The number of nitrogens with zero attached hydrogens (tertiary/aromatic N) is 1. The van der Waals surface area contributed by atoms with E-state index in [1.807, 2.05) is 36.4 Å². The number of nitrogens with one attached hydrogen (secondary N) is 1. The number of carbonyl (C=O) groups excluding carboxylic acids is 2. The van der Waals surface area contributed by atoms with E-state index in [1.54, 1.807) is 19.1 Å². The number of benzene rings is 2. The largest absolute Gasteiger partial charge is 0.450 e. The molecule has 1 fully saturated rings. The van der Waals surface area contributed by atoms with Crippen LogP contribution >= 0.6 is 0 Å². The van der Waals surface area contributed by atoms with E-state index in [0.717, 1.165) is 49.2 Å². The standard InChI is InChI=1S/C24H29N3O3/c1-3-27-14-12-18(13-15-27)22(17-8-10-19(11-9-17)23(25)28)20-6-5-7-21(16-20)26-24(29)30-4-2/h5-11,16H,3-4,12-15H2,1-2H3,(H2,25,28)(H,26,29). The highest BCUT2D eigenvalue weighted by molar-refractivity contribution is 5.94. The summed E-state index contributed by atoms with van der Waals surface area (Å²) >= 11 is 0. The van der Waals surface area contributed by atoms with Crippen molar-refractivity contribution in [1.29, 1.82) is 0 Å². The van der Waals surface area contributed by atoms with Crippen LogP contribution in [0.2, 0.25) is 0 Å². The van der Waals surface area contributed by atoms with Crippen molar-refractivity contribution in [1.82, 2.24) is 4.90 Å². The maximum atomic E-state index is 11.8. The summed E-state index contributed by atoms with van der Waals surface area (Å²) < 4.78 is 5.00. The molecule has 3 N–H and O–H groups in total. The lowest BCUT2D eigenvalue weighted by atomic mass is 9.88. The molecule has 6 heteroatoms. The smallest absolute Gasteiger partial charge is 0.411 e. The summed E-state index contributed by atoms with van der Waals surface area (Å²) in [6.07, 6.45) is 1.50. The van der Waals surface area contributed by atoms with E-state index in [2.05, 4.69) is 17.1 Å². The topological polar surface area (TPSA) is 84.7 Å². The number of hydrogen-bond donors (Lipinski definition) is 2. The van der Waals surface area contributed by atoms with Crippen LogP contribution in [-0.2, 0) is 4.74 Å². The molecule has 2 aromatic rings. The molecule has 0 bridgehead atoms. The predicted molar refractivity (Wildman–Crippen MR) is 119 cm³/mol. The molecule has 30 heavy (non-hydrogen) atoms. The molecule has 1 aliphatic heterocycles. The van der Waals surface area contributed by atoms with Crippen molar-refractivity contribution < 1.29 is 14.3 Å². The predicted octanol–water partition coefficient (Wildman–Crippen LogP) is 4.27. The van der Waals surface area contributed by atoms with Crippen LogP contribution in [0.5, 0.6) is 0 Å². The van der Waals surface area contributed by atoms with Gasteiger partial charge in [0.1, 0.15) is 0 Å². The molecule has 158 valence electrons. The molecule has 2 aromatic carbocycles. The minimum atomic E-state index is -0.467. The maximum absolute atomic E-state index is 11.8. The van der Waals surface area contributed by atoms with Gasteiger partial charge in [0, 0.05) is 24.3 Å². The van der Waals surface area contributed by atoms with Crippen molar-refractivity contribution >= 4 is 23.3 Å². The van der Waals surface area contributed by atoms with Crippen molar-refractivity contribution in [2.24, 2.45) is 5.73 Å². The molecular formula is C24H29N3O3. The summed E-state index contributed by atoms with van der Waals surface area (Å²) in [6.45, 7) is 7.38. The fraction of sp³-hybridized carbons (Fsp3) is 0.333. The van der Waals surface area contributed by atoms with Crippen LogP contribution in [0, 0.1) is 0 Å². The quantitative estimate of drug-likeness (QED) is 0.749. The lowest BCUT2D eigenvalue weighted by Gasteiger charge is -2.29. The first-order valence-corrected chi connectivity index (χ1v) is 10.4. The number of anilines is 1. The number of likely N-dealkylation sites (tertiary alicyclic amines) is 1. The summed E-state index contributed by atoms with van der Waals surface area (Å²) in [6, 6.07) is 15.2. The van der Waals surface area contributed by atoms with Crippen LogP contribution in [-0.4, -0.2) is 43.1 Å². The van der Waals surface area contributed by atoms with E-state index >= 15 is 0 Å². The molecule has 1 saturated heterocycles. The summed E-state index contributed by atoms with van der Waals surface area (Å²) in [5, 5.41) is 2.78. The third kappa shape index (κ3) is 5.27. The second-order valence-corrected chi connectivity index (χ2v) is 7.28. The molecule has 2 amide bonds. The minimum Gasteiger partial charge on any atom is -0.450 e. The van der Waals surface area contributed by atoms with Gasteiger partial charge in [0.05, 0.1) is 6.61 Å². The van der Waals surface area contributed by atoms with Crippen LogP contribution in [0.3, 0.4) is 0 Å². The molecule has 0 spiro atoms. The Hall–Kier alpha value is -3.12. The van der Waals surface area contributed by atoms with Crippen LogP contribution in [0.1, 0.15) is 48.2 Å². The van der Waals surface area contributed by atoms with Crippen LogP contribution in [0.15, 0.2) is 54.1 Å². The second-order valence-electron chi connectivity index (χ2n) is 7.28. The van der Waals surface area contributed by atoms with E-state index in [0.29, 0.717) is 17.9 Å². The van der Waals surface area contributed by atoms with Crippen LogP contribution in [0.4, 0.5) is 10.5 Å². The van der Waals surface area contributed by atoms with E-state index in [1.165, 1.54) is 5.57 Å². The third-order valence-electron chi connectivity index (χ3n) is 5.39. The first kappa shape index (κ1) is 21.6. The van der Waals surface area contributed by atoms with Gasteiger partial charge in [-0.2, -0.15) is 0 Å². The van der Waals surface area contributed by atoms with E-state index < -0.39 is 12.0 Å². The van der Waals surface area contributed by atoms with E-state index in [-0.39, 0.29) is 0 Å². The lowest BCUT2D eigenvalue weighted by molar-refractivity contribution is 0.1000. The van der Waals surface area contributed by atoms with E-state index in [4.69, 9.17) is 10.5 Å². The normalized spacial score (nSPS) is 14.3. The van der Waals surface area contributed by atoms with Crippen molar-refractivity contribution in [2.75, 3.05) is 31.6 Å². The summed E-state index contributed by atoms with van der Waals surface area (Å²) in [5.74, 6) is -0.437. The Balaban J connectivity index is 2.00. The van der Waals surface area contributed by atoms with Crippen molar-refractivity contribution in [2.45, 2.75) is 26.7 Å². The second kappa shape index (κ2) is 10.1. The van der Waals surface area contributed by atoms with E-state index in [9.17, 15) is 9.59 Å². The summed E-state index contributed by atoms with van der Waals surface area (Å²) in [4.78, 5) is 25.8. The SMILES string of the molecule is CCOC(=O)Nc1cccc(C(=C2CCN(CC)CC2)c2ccc(C(N)=O)cc2)c1. The van der Waals surface area contributed by atoms with Gasteiger partial charge in [-0.1, -0.05) is 36.8 Å². The molecule has 0 saturated carbocycles. The van der Waals surface area contributed by atoms with Crippen molar-refractivity contribution in [3.8, 4) is 0 Å². The Morgan fingerprint density at radius 2 is 1.67 bits per heavy atom. The molecule has 0 unspecified atom stereocenters. The first-order valence-electron chi connectivity index (χ1n) is 10.4. The van der Waals surface area contributed by atoms with Crippen LogP contribution in [0.25, 0.3) is 5.57 Å². The van der Waals surface area contributed by atoms with Crippen LogP contribution < -0.4 is 11.1 Å². The van der Waals surface area contributed by atoms with Gasteiger partial charge in [-0.05, 0) is 67.3 Å². The fourth-order valence-electron chi connectivity index (χ4n) is 3.80. The van der Waals surface area contributed by atoms with Gasteiger partial charge in [0.25, 0.3) is 0 Å². The number of amides is 2. The summed E-state index contributed by atoms with van der Waals surface area (Å²) in [7, 11) is 0. The average Bonchev–Trinajstić information content (AvgIpc) is 2.75. The molecule has 6 nitrogen and oxygen atoms in total. The Morgan fingerprint density at radius 1 is 1.00 bits per heavy atom. The number of hydrogen-bond acceptors (Lipinski definition) is 4. The number of piperidine rings is 1. The first-order chi connectivity index (χ1) is 14.5. The maximum Gasteiger partial charge on any atom is 0.411 e. The number of ether oxygens (including phenoxy) is 1. The van der Waals surface area contributed by atoms with Gasteiger partial charge in [-0.25, -0.2) is 4.79 Å². The van der Waals surface area contributed by atoms with Gasteiger partial charge in [0.2, 0.25) is 5.91 Å². The zero-order valence-corrected chi connectivity index (χ0v) is 17.6. The Morgan fingerprint density at radius 3 is 2.27 bits per heavy atom. The molecule has 0 aliphatic carbocycles. The molecule has 1 aliphatic rings. The minimum absolute atomic E-state index is 0.320. The van der Waals surface area contributed by atoms with Gasteiger partial charge in [-0.15, -0.1) is 0 Å². The number of rotatable bonds is 6. The monoisotopic (exact) mass is 407 g/mol. The number of primary amides is 1. The zero-order valence-electron chi connectivity index (χ0n) is 17.6. The third-order valence-corrected chi connectivity index (χ3v) is 5.39. The van der Waals surface area contributed by atoms with Crippen molar-refractivity contribution in [3.63, 3.8) is 0 Å². The highest BCUT2D eigenvalue weighted by Crippen LogP contribution is 2.33. The van der Waals surface area contributed by atoms with Crippen molar-refractivity contribution in [3.05, 3.63) is 70.8 Å². The molecule has 0 atom stereocenters. The number of carbonyl (C=O) groups is 2. The van der Waals surface area contributed by atoms with Gasteiger partial charge in [-0.3, -0.25) is 10.1 Å². The Kier molecular flexibility index (Phi) is 7.25. The summed E-state index contributed by atoms with van der Waals surface area (Å²) in [5.41, 5.74) is 11.2. The molecule has 0 radical (unpaired) electrons. The number of nitrogens with two attached hydrogens (primary N) is 1. The molecule has 1 heterocycles. The molecule has 3 rings (SSSR count). The van der Waals surface area contributed by atoms with Gasteiger partial charge in [0.15, 0.2) is 0 Å². The van der Waals surface area contributed by atoms with Gasteiger partial charge >= 0.3 is 6.09 Å². The van der Waals surface area contributed by atoms with Gasteiger partial charge < -0.3 is 15.4 Å². The highest BCUT2D eigenvalue weighted by Gasteiger charge is 2.19. The highest BCUT2D eigenvalue weighted by atomic mass is 16.5. The zero-order chi connectivity index (χ0) is 21.5. The Bertz CT molecular complexity index is 925.